The summed E-state index contributed by atoms with van der Waals surface area (Å²) in [6.07, 6.45) is 22.7. The fourth-order valence-electron chi connectivity index (χ4n) is 5.11. The summed E-state index contributed by atoms with van der Waals surface area (Å²) in [7, 11) is 0. The standard InChI is InChI=1S/C29H51N5O3/c1-4-5-6-7-8-9-10-11-12-13-14-15-16-17-18-35-25-19-24(20-36-23(2)3)37-29(25)34-22-33-26-27(30)31-21-32-28(26)34/h21-25,29H,4-20H2,1-3H3,(H2,30,31,32)/t24-,25?,29+/m0/s1. The first-order valence-electron chi connectivity index (χ1n) is 14.9. The fraction of sp³-hybridized carbons (Fsp3) is 0.828. The number of unbranched alkanes of at least 4 members (excludes halogenated alkanes) is 13. The Morgan fingerprint density at radius 3 is 2.16 bits per heavy atom. The van der Waals surface area contributed by atoms with Crippen molar-refractivity contribution in [1.29, 1.82) is 0 Å². The van der Waals surface area contributed by atoms with Crippen molar-refractivity contribution in [3.05, 3.63) is 12.7 Å². The number of nitrogens with zero attached hydrogens (tertiary/aromatic N) is 4. The minimum atomic E-state index is -0.299. The number of rotatable bonds is 20. The van der Waals surface area contributed by atoms with E-state index in [0.717, 1.165) is 19.4 Å². The molecule has 1 fully saturated rings. The minimum absolute atomic E-state index is 0.0228. The van der Waals surface area contributed by atoms with Gasteiger partial charge in [-0.1, -0.05) is 90.4 Å². The molecule has 8 heteroatoms. The number of hydrogen-bond donors (Lipinski definition) is 1. The van der Waals surface area contributed by atoms with E-state index in [1.54, 1.807) is 6.33 Å². The Morgan fingerprint density at radius 2 is 1.54 bits per heavy atom. The average molecular weight is 518 g/mol. The van der Waals surface area contributed by atoms with Crippen LogP contribution in [0.4, 0.5) is 5.82 Å². The van der Waals surface area contributed by atoms with Crippen LogP contribution in [0.5, 0.6) is 0 Å². The van der Waals surface area contributed by atoms with Crippen molar-refractivity contribution in [2.45, 2.75) is 142 Å². The zero-order chi connectivity index (χ0) is 26.3. The van der Waals surface area contributed by atoms with Crippen molar-refractivity contribution < 1.29 is 14.2 Å². The van der Waals surface area contributed by atoms with Crippen LogP contribution in [0, 0.1) is 0 Å². The Bertz CT molecular complexity index is 874. The molecule has 37 heavy (non-hydrogen) atoms. The van der Waals surface area contributed by atoms with Crippen LogP contribution < -0.4 is 5.73 Å². The van der Waals surface area contributed by atoms with E-state index >= 15 is 0 Å². The Kier molecular flexibility index (Phi) is 13.6. The van der Waals surface area contributed by atoms with Crippen molar-refractivity contribution in [3.8, 4) is 0 Å². The van der Waals surface area contributed by atoms with Gasteiger partial charge in [-0.2, -0.15) is 0 Å². The fourth-order valence-corrected chi connectivity index (χ4v) is 5.11. The predicted octanol–water partition coefficient (Wildman–Crippen LogP) is 6.99. The van der Waals surface area contributed by atoms with Crippen LogP contribution in [-0.4, -0.2) is 51.0 Å². The van der Waals surface area contributed by atoms with E-state index in [0.29, 0.717) is 23.6 Å². The molecule has 210 valence electrons. The lowest BCUT2D eigenvalue weighted by atomic mass is 10.0. The highest BCUT2D eigenvalue weighted by atomic mass is 16.6. The van der Waals surface area contributed by atoms with Crippen molar-refractivity contribution in [1.82, 2.24) is 19.5 Å². The Hall–Kier alpha value is -1.77. The number of ether oxygens (including phenoxy) is 3. The van der Waals surface area contributed by atoms with Crippen molar-refractivity contribution in [2.75, 3.05) is 18.9 Å². The third kappa shape index (κ3) is 10.1. The molecule has 1 saturated heterocycles. The van der Waals surface area contributed by atoms with Gasteiger partial charge in [0.2, 0.25) is 0 Å². The van der Waals surface area contributed by atoms with Crippen LogP contribution in [0.2, 0.25) is 0 Å². The molecule has 8 nitrogen and oxygen atoms in total. The van der Waals surface area contributed by atoms with Gasteiger partial charge in [0.1, 0.15) is 17.9 Å². The molecule has 0 amide bonds. The number of imidazole rings is 1. The van der Waals surface area contributed by atoms with Gasteiger partial charge in [0.25, 0.3) is 0 Å². The molecule has 0 aromatic carbocycles. The van der Waals surface area contributed by atoms with Crippen molar-refractivity contribution in [2.24, 2.45) is 0 Å². The van der Waals surface area contributed by atoms with Gasteiger partial charge in [-0.25, -0.2) is 15.0 Å². The normalized spacial score (nSPS) is 19.9. The summed E-state index contributed by atoms with van der Waals surface area (Å²) < 4.78 is 20.5. The smallest absolute Gasteiger partial charge is 0.167 e. The molecular weight excluding hydrogens is 466 g/mol. The highest BCUT2D eigenvalue weighted by Gasteiger charge is 2.38. The second kappa shape index (κ2) is 16.9. The van der Waals surface area contributed by atoms with E-state index in [2.05, 4.69) is 21.9 Å². The minimum Gasteiger partial charge on any atom is -0.382 e. The number of anilines is 1. The van der Waals surface area contributed by atoms with Gasteiger partial charge in [-0.05, 0) is 20.3 Å². The maximum Gasteiger partial charge on any atom is 0.167 e. The van der Waals surface area contributed by atoms with Gasteiger partial charge in [-0.3, -0.25) is 4.57 Å². The molecule has 3 rings (SSSR count). The van der Waals surface area contributed by atoms with Crippen LogP contribution >= 0.6 is 0 Å². The molecule has 1 aliphatic rings. The summed E-state index contributed by atoms with van der Waals surface area (Å²) in [6.45, 7) is 7.66. The maximum atomic E-state index is 6.36. The molecule has 2 aromatic rings. The van der Waals surface area contributed by atoms with Crippen LogP contribution in [0.1, 0.15) is 123 Å². The SMILES string of the molecule is CCCCCCCCCCCCCCCCOC1C[C@@H](COC(C)C)O[C@H]1n1cnc2c(N)ncnc21. The number of hydrogen-bond acceptors (Lipinski definition) is 7. The first-order valence-corrected chi connectivity index (χ1v) is 14.9. The number of nitrogens with two attached hydrogens (primary N) is 1. The Morgan fingerprint density at radius 1 is 0.919 bits per heavy atom. The van der Waals surface area contributed by atoms with E-state index in [1.165, 1.54) is 89.8 Å². The largest absolute Gasteiger partial charge is 0.382 e. The molecule has 0 spiro atoms. The lowest BCUT2D eigenvalue weighted by molar-refractivity contribution is -0.0813. The second-order valence-electron chi connectivity index (χ2n) is 10.9. The zero-order valence-corrected chi connectivity index (χ0v) is 23.6. The average Bonchev–Trinajstić information content (AvgIpc) is 3.50. The van der Waals surface area contributed by atoms with E-state index in [9.17, 15) is 0 Å². The first-order chi connectivity index (χ1) is 18.1. The molecule has 1 unspecified atom stereocenters. The molecule has 3 heterocycles. The van der Waals surface area contributed by atoms with Crippen LogP contribution in [0.3, 0.4) is 0 Å². The number of aromatic nitrogens is 4. The van der Waals surface area contributed by atoms with Gasteiger partial charge in [0, 0.05) is 13.0 Å². The molecule has 0 radical (unpaired) electrons. The number of fused-ring (bicyclic) bond motifs is 1. The maximum absolute atomic E-state index is 6.36. The summed E-state index contributed by atoms with van der Waals surface area (Å²) in [5, 5.41) is 0. The van der Waals surface area contributed by atoms with Crippen LogP contribution in [-0.2, 0) is 14.2 Å². The van der Waals surface area contributed by atoms with Crippen LogP contribution in [0.15, 0.2) is 12.7 Å². The molecule has 2 aromatic heterocycles. The van der Waals surface area contributed by atoms with Crippen molar-refractivity contribution >= 4 is 17.0 Å². The van der Waals surface area contributed by atoms with E-state index < -0.39 is 0 Å². The third-order valence-electron chi connectivity index (χ3n) is 7.25. The predicted molar refractivity (Wildman–Crippen MR) is 149 cm³/mol. The van der Waals surface area contributed by atoms with Gasteiger partial charge < -0.3 is 19.9 Å². The monoisotopic (exact) mass is 517 g/mol. The lowest BCUT2D eigenvalue weighted by Crippen LogP contribution is -2.23. The van der Waals surface area contributed by atoms with Gasteiger partial charge >= 0.3 is 0 Å². The molecule has 0 saturated carbocycles. The molecule has 0 aliphatic carbocycles. The summed E-state index contributed by atoms with van der Waals surface area (Å²) >= 11 is 0. The van der Waals surface area contributed by atoms with Crippen molar-refractivity contribution in [3.63, 3.8) is 0 Å². The highest BCUT2D eigenvalue weighted by molar-refractivity contribution is 5.81. The van der Waals surface area contributed by atoms with Gasteiger partial charge in [0.05, 0.1) is 25.1 Å². The second-order valence-corrected chi connectivity index (χ2v) is 10.9. The number of nitrogen functional groups attached to an aromatic ring is 1. The van der Waals surface area contributed by atoms with E-state index in [4.69, 9.17) is 19.9 Å². The molecule has 0 bridgehead atoms. The Labute approximate surface area is 224 Å². The summed E-state index contributed by atoms with van der Waals surface area (Å²) in [6, 6.07) is 0. The first kappa shape index (κ1) is 29.8. The topological polar surface area (TPSA) is 97.3 Å². The molecule has 2 N–H and O–H groups in total. The van der Waals surface area contributed by atoms with E-state index in [1.807, 2.05) is 18.4 Å². The summed E-state index contributed by atoms with van der Waals surface area (Å²) in [5.41, 5.74) is 7.26. The quantitative estimate of drug-likeness (QED) is 0.189. The highest BCUT2D eigenvalue weighted by Crippen LogP contribution is 2.34. The molecular formula is C29H51N5O3. The van der Waals surface area contributed by atoms with Crippen LogP contribution in [0.25, 0.3) is 11.2 Å². The zero-order valence-electron chi connectivity index (χ0n) is 23.6. The summed E-state index contributed by atoms with van der Waals surface area (Å²) in [4.78, 5) is 12.9. The third-order valence-corrected chi connectivity index (χ3v) is 7.25. The molecule has 3 atom stereocenters. The van der Waals surface area contributed by atoms with Gasteiger partial charge in [-0.15, -0.1) is 0 Å². The van der Waals surface area contributed by atoms with E-state index in [-0.39, 0.29) is 24.5 Å². The summed E-state index contributed by atoms with van der Waals surface area (Å²) in [5.74, 6) is 0.376. The molecule has 1 aliphatic heterocycles. The Balaban J connectivity index is 1.33. The van der Waals surface area contributed by atoms with Gasteiger partial charge in [0.15, 0.2) is 17.7 Å². The lowest BCUT2D eigenvalue weighted by Gasteiger charge is -2.21.